The van der Waals surface area contributed by atoms with Crippen molar-refractivity contribution in [3.8, 4) is 5.75 Å². The largest absolute Gasteiger partial charge is 0.488 e. The lowest BCUT2D eigenvalue weighted by Gasteiger charge is -2.16. The van der Waals surface area contributed by atoms with Crippen molar-refractivity contribution >= 4 is 11.8 Å². The van der Waals surface area contributed by atoms with Crippen molar-refractivity contribution < 1.29 is 27.4 Å². The molecule has 0 fully saturated rings. The van der Waals surface area contributed by atoms with Crippen LogP contribution >= 0.6 is 0 Å². The molecular formula is C17H16F3NO3. The van der Waals surface area contributed by atoms with Gasteiger partial charge in [0.15, 0.2) is 0 Å². The van der Waals surface area contributed by atoms with E-state index in [0.717, 1.165) is 6.07 Å². The third-order valence-corrected chi connectivity index (χ3v) is 3.26. The molecule has 0 aliphatic carbocycles. The molecule has 0 radical (unpaired) electrons. The number of nitrogens with one attached hydrogen (secondary N) is 1. The van der Waals surface area contributed by atoms with Gasteiger partial charge in [0.2, 0.25) is 0 Å². The molecule has 0 aliphatic heterocycles. The molecule has 24 heavy (non-hydrogen) atoms. The predicted octanol–water partition coefficient (Wildman–Crippen LogP) is 4.77. The first-order chi connectivity index (χ1) is 11.3. The molecule has 2 aromatic carbocycles. The fourth-order valence-corrected chi connectivity index (χ4v) is 2.08. The van der Waals surface area contributed by atoms with Crippen molar-refractivity contribution in [3.63, 3.8) is 0 Å². The molecule has 128 valence electrons. The van der Waals surface area contributed by atoms with Gasteiger partial charge >= 0.3 is 12.3 Å². The standard InChI is InChI=1S/C17H16F3NO3/c1-11-7-8-15(13(9-11)17(18,19)20)24-10-12-5-3-4-6-14(12)21-16(22)23-2/h3-9H,10H2,1-2H3,(H,21,22). The minimum atomic E-state index is -4.51. The molecule has 0 saturated carbocycles. The lowest BCUT2D eigenvalue weighted by Crippen LogP contribution is -2.14. The van der Waals surface area contributed by atoms with E-state index in [1.807, 2.05) is 0 Å². The van der Waals surface area contributed by atoms with Crippen LogP contribution in [0.25, 0.3) is 0 Å². The summed E-state index contributed by atoms with van der Waals surface area (Å²) in [5.74, 6) is -0.263. The van der Waals surface area contributed by atoms with Gasteiger partial charge in [0.25, 0.3) is 0 Å². The van der Waals surface area contributed by atoms with Gasteiger partial charge in [0.05, 0.1) is 18.4 Å². The smallest absolute Gasteiger partial charge is 0.419 e. The Labute approximate surface area is 137 Å². The third kappa shape index (κ3) is 4.41. The molecule has 0 saturated heterocycles. The molecular weight excluding hydrogens is 323 g/mol. The van der Waals surface area contributed by atoms with Crippen LogP contribution in [0.15, 0.2) is 42.5 Å². The predicted molar refractivity (Wildman–Crippen MR) is 83.0 cm³/mol. The van der Waals surface area contributed by atoms with E-state index >= 15 is 0 Å². The summed E-state index contributed by atoms with van der Waals surface area (Å²) in [6, 6.07) is 10.5. The Bertz CT molecular complexity index is 729. The summed E-state index contributed by atoms with van der Waals surface area (Å²) in [7, 11) is 1.22. The van der Waals surface area contributed by atoms with Gasteiger partial charge in [-0.3, -0.25) is 5.32 Å². The normalized spacial score (nSPS) is 11.0. The summed E-state index contributed by atoms with van der Waals surface area (Å²) < 4.78 is 49.2. The number of ether oxygens (including phenoxy) is 2. The van der Waals surface area contributed by atoms with Crippen molar-refractivity contribution in [1.82, 2.24) is 0 Å². The van der Waals surface area contributed by atoms with E-state index < -0.39 is 17.8 Å². The number of halogens is 3. The number of alkyl halides is 3. The molecule has 2 rings (SSSR count). The molecule has 1 N–H and O–H groups in total. The lowest BCUT2D eigenvalue weighted by atomic mass is 10.1. The monoisotopic (exact) mass is 339 g/mol. The number of rotatable bonds is 4. The average molecular weight is 339 g/mol. The van der Waals surface area contributed by atoms with Crippen LogP contribution in [-0.4, -0.2) is 13.2 Å². The van der Waals surface area contributed by atoms with Gasteiger partial charge in [0, 0.05) is 5.56 Å². The van der Waals surface area contributed by atoms with Crippen LogP contribution in [0, 0.1) is 6.92 Å². The van der Waals surface area contributed by atoms with E-state index in [4.69, 9.17) is 4.74 Å². The summed E-state index contributed by atoms with van der Waals surface area (Å²) in [6.07, 6.45) is -5.18. The maximum Gasteiger partial charge on any atom is 0.419 e. The second kappa shape index (κ2) is 7.25. The molecule has 0 aromatic heterocycles. The first-order valence-corrected chi connectivity index (χ1v) is 7.05. The number of hydrogen-bond acceptors (Lipinski definition) is 3. The summed E-state index contributed by atoms with van der Waals surface area (Å²) in [6.45, 7) is 1.45. The SMILES string of the molecule is COC(=O)Nc1ccccc1COc1ccc(C)cc1C(F)(F)F. The van der Waals surface area contributed by atoms with Crippen LogP contribution in [0.5, 0.6) is 5.75 Å². The second-order valence-corrected chi connectivity index (χ2v) is 5.06. The third-order valence-electron chi connectivity index (χ3n) is 3.26. The van der Waals surface area contributed by atoms with Crippen molar-refractivity contribution in [2.45, 2.75) is 19.7 Å². The molecule has 2 aromatic rings. The highest BCUT2D eigenvalue weighted by molar-refractivity contribution is 5.85. The van der Waals surface area contributed by atoms with Crippen LogP contribution in [0.2, 0.25) is 0 Å². The average Bonchev–Trinajstić information content (AvgIpc) is 2.54. The fourth-order valence-electron chi connectivity index (χ4n) is 2.08. The Hall–Kier alpha value is -2.70. The van der Waals surface area contributed by atoms with Gasteiger partial charge < -0.3 is 9.47 Å². The van der Waals surface area contributed by atoms with Crippen LogP contribution in [0.1, 0.15) is 16.7 Å². The van der Waals surface area contributed by atoms with Crippen LogP contribution in [0.4, 0.5) is 23.7 Å². The van der Waals surface area contributed by atoms with E-state index in [-0.39, 0.29) is 12.4 Å². The molecule has 4 nitrogen and oxygen atoms in total. The fraction of sp³-hybridized carbons (Fsp3) is 0.235. The lowest BCUT2D eigenvalue weighted by molar-refractivity contribution is -0.139. The zero-order chi connectivity index (χ0) is 17.7. The number of carbonyl (C=O) groups excluding carboxylic acids is 1. The minimum Gasteiger partial charge on any atom is -0.488 e. The Kier molecular flexibility index (Phi) is 5.33. The second-order valence-electron chi connectivity index (χ2n) is 5.06. The van der Waals surface area contributed by atoms with E-state index in [9.17, 15) is 18.0 Å². The van der Waals surface area contributed by atoms with E-state index in [0.29, 0.717) is 16.8 Å². The highest BCUT2D eigenvalue weighted by atomic mass is 19.4. The Morgan fingerprint density at radius 3 is 2.54 bits per heavy atom. The summed E-state index contributed by atoms with van der Waals surface area (Å²) in [5, 5.41) is 2.49. The molecule has 0 aliphatic rings. The quantitative estimate of drug-likeness (QED) is 0.873. The van der Waals surface area contributed by atoms with Gasteiger partial charge in [-0.1, -0.05) is 29.8 Å². The zero-order valence-corrected chi connectivity index (χ0v) is 13.1. The first-order valence-electron chi connectivity index (χ1n) is 7.05. The number of benzene rings is 2. The summed E-state index contributed by atoms with van der Waals surface area (Å²) in [4.78, 5) is 11.3. The number of methoxy groups -OCH3 is 1. The van der Waals surface area contributed by atoms with E-state index in [1.54, 1.807) is 37.3 Å². The zero-order valence-electron chi connectivity index (χ0n) is 13.1. The number of carbonyl (C=O) groups is 1. The minimum absolute atomic E-state index is 0.133. The molecule has 0 heterocycles. The molecule has 7 heteroatoms. The topological polar surface area (TPSA) is 47.6 Å². The van der Waals surface area contributed by atoms with E-state index in [1.165, 1.54) is 13.2 Å². The number of amides is 1. The van der Waals surface area contributed by atoms with Gasteiger partial charge in [0.1, 0.15) is 12.4 Å². The van der Waals surface area contributed by atoms with Crippen molar-refractivity contribution in [1.29, 1.82) is 0 Å². The Balaban J connectivity index is 2.22. The van der Waals surface area contributed by atoms with Gasteiger partial charge in [-0.15, -0.1) is 0 Å². The molecule has 0 bridgehead atoms. The van der Waals surface area contributed by atoms with E-state index in [2.05, 4.69) is 10.1 Å². The van der Waals surface area contributed by atoms with Crippen molar-refractivity contribution in [2.75, 3.05) is 12.4 Å². The maximum absolute atomic E-state index is 13.1. The number of aryl methyl sites for hydroxylation is 1. The number of para-hydroxylation sites is 1. The molecule has 0 unspecified atom stereocenters. The highest BCUT2D eigenvalue weighted by Gasteiger charge is 2.34. The summed E-state index contributed by atoms with van der Waals surface area (Å²) in [5.41, 5.74) is 0.588. The Morgan fingerprint density at radius 2 is 1.88 bits per heavy atom. The summed E-state index contributed by atoms with van der Waals surface area (Å²) >= 11 is 0. The molecule has 0 atom stereocenters. The maximum atomic E-state index is 13.1. The van der Waals surface area contributed by atoms with Crippen molar-refractivity contribution in [3.05, 3.63) is 59.2 Å². The Morgan fingerprint density at radius 1 is 1.17 bits per heavy atom. The molecule has 1 amide bonds. The van der Waals surface area contributed by atoms with Crippen LogP contribution in [0.3, 0.4) is 0 Å². The first kappa shape index (κ1) is 17.7. The highest BCUT2D eigenvalue weighted by Crippen LogP contribution is 2.37. The van der Waals surface area contributed by atoms with Crippen LogP contribution < -0.4 is 10.1 Å². The molecule has 0 spiro atoms. The van der Waals surface area contributed by atoms with Crippen LogP contribution in [-0.2, 0) is 17.5 Å². The number of anilines is 1. The van der Waals surface area contributed by atoms with Crippen molar-refractivity contribution in [2.24, 2.45) is 0 Å². The van der Waals surface area contributed by atoms with Gasteiger partial charge in [-0.05, 0) is 25.1 Å². The van der Waals surface area contributed by atoms with Gasteiger partial charge in [-0.2, -0.15) is 13.2 Å². The number of hydrogen-bond donors (Lipinski definition) is 1. The van der Waals surface area contributed by atoms with Gasteiger partial charge in [-0.25, -0.2) is 4.79 Å².